The van der Waals surface area contributed by atoms with Gasteiger partial charge in [-0.3, -0.25) is 9.00 Å². The fourth-order valence-corrected chi connectivity index (χ4v) is 2.05. The molecule has 0 saturated carbocycles. The van der Waals surface area contributed by atoms with Crippen LogP contribution in [0.4, 0.5) is 0 Å². The molecule has 1 amide bonds. The van der Waals surface area contributed by atoms with Crippen LogP contribution in [-0.2, 0) is 10.8 Å². The highest BCUT2D eigenvalue weighted by Crippen LogP contribution is 2.07. The topological polar surface area (TPSA) is 66.4 Å². The van der Waals surface area contributed by atoms with Crippen LogP contribution < -0.4 is 5.32 Å². The van der Waals surface area contributed by atoms with E-state index in [4.69, 9.17) is 5.11 Å². The van der Waals surface area contributed by atoms with Gasteiger partial charge in [-0.25, -0.2) is 0 Å². The van der Waals surface area contributed by atoms with E-state index in [9.17, 15) is 9.00 Å². The summed E-state index contributed by atoms with van der Waals surface area (Å²) >= 11 is 0. The van der Waals surface area contributed by atoms with E-state index in [1.807, 2.05) is 0 Å². The first kappa shape index (κ1) is 15.4. The van der Waals surface area contributed by atoms with Gasteiger partial charge in [0.05, 0.1) is 5.56 Å². The lowest BCUT2D eigenvalue weighted by molar-refractivity contribution is 0.0953. The van der Waals surface area contributed by atoms with Crippen LogP contribution in [0, 0.1) is 11.8 Å². The Bertz CT molecular complexity index is 517. The number of aliphatic hydroxyl groups excluding tert-OH is 1. The minimum atomic E-state index is -0.835. The minimum Gasteiger partial charge on any atom is -0.384 e. The molecule has 0 aliphatic rings. The molecule has 0 spiro atoms. The van der Waals surface area contributed by atoms with Crippen molar-refractivity contribution in [3.63, 3.8) is 0 Å². The number of hydrogen-bond acceptors (Lipinski definition) is 3. The second-order valence-electron chi connectivity index (χ2n) is 3.89. The van der Waals surface area contributed by atoms with Crippen LogP contribution in [0.2, 0.25) is 0 Å². The van der Waals surface area contributed by atoms with Crippen LogP contribution in [0.15, 0.2) is 24.3 Å². The van der Waals surface area contributed by atoms with Crippen molar-refractivity contribution in [2.75, 3.05) is 25.2 Å². The largest absolute Gasteiger partial charge is 0.384 e. The van der Waals surface area contributed by atoms with E-state index in [1.54, 1.807) is 30.5 Å². The second kappa shape index (κ2) is 8.46. The predicted molar refractivity (Wildman–Crippen MR) is 76.3 cm³/mol. The Morgan fingerprint density at radius 3 is 2.84 bits per heavy atom. The Morgan fingerprint density at radius 2 is 2.16 bits per heavy atom. The molecule has 1 aromatic rings. The Labute approximate surface area is 115 Å². The monoisotopic (exact) mass is 279 g/mol. The van der Waals surface area contributed by atoms with Crippen LogP contribution in [0.25, 0.3) is 0 Å². The van der Waals surface area contributed by atoms with Crippen molar-refractivity contribution >= 4 is 16.7 Å². The minimum absolute atomic E-state index is 0.204. The van der Waals surface area contributed by atoms with Crippen LogP contribution in [0.3, 0.4) is 0 Å². The molecule has 0 fully saturated rings. The molecule has 0 saturated heterocycles. The Balaban J connectivity index is 2.63. The fourth-order valence-electron chi connectivity index (χ4n) is 1.50. The number of carbonyl (C=O) groups excluding carboxylic acids is 1. The lowest BCUT2D eigenvalue weighted by Gasteiger charge is -2.06. The van der Waals surface area contributed by atoms with E-state index in [-0.39, 0.29) is 12.5 Å². The van der Waals surface area contributed by atoms with Gasteiger partial charge in [0.25, 0.3) is 5.91 Å². The third-order valence-electron chi connectivity index (χ3n) is 2.37. The van der Waals surface area contributed by atoms with E-state index in [0.717, 1.165) is 0 Å². The van der Waals surface area contributed by atoms with Gasteiger partial charge in [0, 0.05) is 34.9 Å². The van der Waals surface area contributed by atoms with Gasteiger partial charge in [-0.1, -0.05) is 24.0 Å². The third-order valence-corrected chi connectivity index (χ3v) is 3.23. The molecular formula is C14H17NO3S. The molecule has 0 aromatic heterocycles. The zero-order chi connectivity index (χ0) is 14.1. The highest BCUT2D eigenvalue weighted by atomic mass is 32.2. The van der Waals surface area contributed by atoms with E-state index < -0.39 is 10.8 Å². The quantitative estimate of drug-likeness (QED) is 0.610. The summed E-state index contributed by atoms with van der Waals surface area (Å²) in [5.74, 6) is 5.64. The van der Waals surface area contributed by atoms with E-state index in [0.29, 0.717) is 29.8 Å². The molecule has 1 rings (SSSR count). The SMILES string of the molecule is CS(=O)CCCNC(=O)c1ccccc1C#CCO. The van der Waals surface area contributed by atoms with Gasteiger partial charge >= 0.3 is 0 Å². The molecule has 102 valence electrons. The molecule has 0 radical (unpaired) electrons. The molecule has 1 unspecified atom stereocenters. The maximum absolute atomic E-state index is 12.0. The van der Waals surface area contributed by atoms with Gasteiger partial charge in [-0.2, -0.15) is 0 Å². The van der Waals surface area contributed by atoms with Crippen LogP contribution in [0.5, 0.6) is 0 Å². The zero-order valence-electron chi connectivity index (χ0n) is 10.8. The predicted octanol–water partition coefficient (Wildman–Crippen LogP) is 0.529. The maximum Gasteiger partial charge on any atom is 0.252 e. The van der Waals surface area contributed by atoms with Gasteiger partial charge in [-0.15, -0.1) is 0 Å². The number of benzene rings is 1. The van der Waals surface area contributed by atoms with Gasteiger partial charge in [-0.05, 0) is 18.6 Å². The van der Waals surface area contributed by atoms with Crippen molar-refractivity contribution < 1.29 is 14.1 Å². The summed E-state index contributed by atoms with van der Waals surface area (Å²) in [4.78, 5) is 12.0. The molecule has 5 heteroatoms. The van der Waals surface area contributed by atoms with Crippen LogP contribution >= 0.6 is 0 Å². The second-order valence-corrected chi connectivity index (χ2v) is 5.45. The molecule has 4 nitrogen and oxygen atoms in total. The van der Waals surface area contributed by atoms with Gasteiger partial charge < -0.3 is 10.4 Å². The van der Waals surface area contributed by atoms with Crippen LogP contribution in [0.1, 0.15) is 22.3 Å². The summed E-state index contributed by atoms with van der Waals surface area (Å²) in [5.41, 5.74) is 1.08. The summed E-state index contributed by atoms with van der Waals surface area (Å²) < 4.78 is 10.9. The van der Waals surface area contributed by atoms with Crippen molar-refractivity contribution in [1.82, 2.24) is 5.32 Å². The summed E-state index contributed by atoms with van der Waals surface area (Å²) in [6, 6.07) is 6.98. The molecule has 0 aliphatic heterocycles. The van der Waals surface area contributed by atoms with Crippen molar-refractivity contribution in [1.29, 1.82) is 0 Å². The van der Waals surface area contributed by atoms with Crippen molar-refractivity contribution in [3.8, 4) is 11.8 Å². The molecule has 1 aromatic carbocycles. The van der Waals surface area contributed by atoms with E-state index >= 15 is 0 Å². The lowest BCUT2D eigenvalue weighted by Crippen LogP contribution is -2.26. The normalized spacial score (nSPS) is 11.3. The average molecular weight is 279 g/mol. The first-order valence-electron chi connectivity index (χ1n) is 5.92. The Hall–Kier alpha value is -1.64. The number of aliphatic hydroxyl groups is 1. The number of nitrogens with one attached hydrogen (secondary N) is 1. The van der Waals surface area contributed by atoms with E-state index in [2.05, 4.69) is 17.2 Å². The third kappa shape index (κ3) is 5.69. The van der Waals surface area contributed by atoms with Gasteiger partial charge in [0.2, 0.25) is 0 Å². The molecule has 0 aliphatic carbocycles. The molecular weight excluding hydrogens is 262 g/mol. The number of amides is 1. The van der Waals surface area contributed by atoms with Crippen LogP contribution in [-0.4, -0.2) is 40.4 Å². The van der Waals surface area contributed by atoms with Crippen molar-refractivity contribution in [2.24, 2.45) is 0 Å². The molecule has 2 N–H and O–H groups in total. The highest BCUT2D eigenvalue weighted by Gasteiger charge is 2.08. The maximum atomic E-state index is 12.0. The smallest absolute Gasteiger partial charge is 0.252 e. The summed E-state index contributed by atoms with van der Waals surface area (Å²) in [7, 11) is -0.835. The number of rotatable bonds is 5. The molecule has 0 bridgehead atoms. The molecule has 0 heterocycles. The summed E-state index contributed by atoms with van der Waals surface area (Å²) in [6.45, 7) is 0.248. The number of hydrogen-bond donors (Lipinski definition) is 2. The van der Waals surface area contributed by atoms with Gasteiger partial charge in [0.15, 0.2) is 0 Å². The molecule has 19 heavy (non-hydrogen) atoms. The van der Waals surface area contributed by atoms with Crippen molar-refractivity contribution in [3.05, 3.63) is 35.4 Å². The summed E-state index contributed by atoms with van der Waals surface area (Å²) in [5, 5.41) is 11.4. The molecule has 1 atom stereocenters. The lowest BCUT2D eigenvalue weighted by atomic mass is 10.1. The standard InChI is InChI=1S/C14H17NO3S/c1-19(18)11-5-9-15-14(17)13-8-3-2-6-12(13)7-4-10-16/h2-3,6,8,16H,5,9-11H2,1H3,(H,15,17). The number of carbonyl (C=O) groups is 1. The average Bonchev–Trinajstić information content (AvgIpc) is 2.41. The summed E-state index contributed by atoms with van der Waals surface area (Å²) in [6.07, 6.45) is 2.32. The fraction of sp³-hybridized carbons (Fsp3) is 0.357. The highest BCUT2D eigenvalue weighted by molar-refractivity contribution is 7.84. The first-order chi connectivity index (χ1) is 9.15. The van der Waals surface area contributed by atoms with Crippen molar-refractivity contribution in [2.45, 2.75) is 6.42 Å². The zero-order valence-corrected chi connectivity index (χ0v) is 11.6. The van der Waals surface area contributed by atoms with Gasteiger partial charge in [0.1, 0.15) is 6.61 Å². The van der Waals surface area contributed by atoms with E-state index in [1.165, 1.54) is 0 Å². The Kier molecular flexibility index (Phi) is 6.86. The first-order valence-corrected chi connectivity index (χ1v) is 7.65. The Morgan fingerprint density at radius 1 is 1.42 bits per heavy atom.